The van der Waals surface area contributed by atoms with Crippen molar-refractivity contribution in [1.82, 2.24) is 15.2 Å². The number of hydrogen-bond acceptors (Lipinski definition) is 4. The van der Waals surface area contributed by atoms with Crippen LogP contribution in [0, 0.1) is 12.8 Å². The number of fused-ring (bicyclic) bond motifs is 1. The number of amides is 1. The first-order valence-electron chi connectivity index (χ1n) is 9.07. The third-order valence-corrected chi connectivity index (χ3v) is 5.08. The first-order chi connectivity index (χ1) is 12.0. The van der Waals surface area contributed by atoms with Gasteiger partial charge in [0.25, 0.3) is 5.91 Å². The second kappa shape index (κ2) is 7.93. The summed E-state index contributed by atoms with van der Waals surface area (Å²) in [5.74, 6) is 0.588. The van der Waals surface area contributed by atoms with Crippen LogP contribution in [0.2, 0.25) is 0 Å². The van der Waals surface area contributed by atoms with Crippen LogP contribution in [0.1, 0.15) is 35.7 Å². The van der Waals surface area contributed by atoms with Gasteiger partial charge in [0.05, 0.1) is 17.2 Å². The minimum atomic E-state index is -0.554. The number of nitrogens with one attached hydrogen (secondary N) is 1. The van der Waals surface area contributed by atoms with Gasteiger partial charge in [-0.05, 0) is 56.5 Å². The number of carbonyl (C=O) groups excluding carboxylic acids is 1. The topological polar surface area (TPSA) is 65.5 Å². The van der Waals surface area contributed by atoms with Crippen LogP contribution in [0.15, 0.2) is 30.5 Å². The number of rotatable bonds is 5. The van der Waals surface area contributed by atoms with Crippen LogP contribution in [0.3, 0.4) is 0 Å². The Balaban J connectivity index is 1.58. The molecule has 2 aromatic rings. The summed E-state index contributed by atoms with van der Waals surface area (Å²) in [5, 5.41) is 14.1. The molecule has 1 saturated heterocycles. The molecule has 1 amide bonds. The summed E-state index contributed by atoms with van der Waals surface area (Å²) in [4.78, 5) is 19.2. The van der Waals surface area contributed by atoms with Crippen molar-refractivity contribution in [2.45, 2.75) is 32.8 Å². The SMILES string of the molecule is Cc1ccc(C(=O)NCC(O)CN2CCC(C)CC2)c2ncccc12. The Bertz CT molecular complexity index is 739. The number of aliphatic hydroxyl groups excluding tert-OH is 1. The van der Waals surface area contributed by atoms with Gasteiger partial charge >= 0.3 is 0 Å². The van der Waals surface area contributed by atoms with E-state index in [1.54, 1.807) is 12.3 Å². The Kier molecular flexibility index (Phi) is 5.66. The molecule has 1 atom stereocenters. The van der Waals surface area contributed by atoms with E-state index in [9.17, 15) is 9.90 Å². The summed E-state index contributed by atoms with van der Waals surface area (Å²) in [6.45, 7) is 7.20. The third kappa shape index (κ3) is 4.35. The summed E-state index contributed by atoms with van der Waals surface area (Å²) in [5.41, 5.74) is 2.36. The average Bonchev–Trinajstić information content (AvgIpc) is 2.62. The Hall–Kier alpha value is -1.98. The third-order valence-electron chi connectivity index (χ3n) is 5.08. The lowest BCUT2D eigenvalue weighted by Crippen LogP contribution is -2.43. The number of aryl methyl sites for hydroxylation is 1. The molecule has 1 aromatic heterocycles. The maximum atomic E-state index is 12.5. The fourth-order valence-electron chi connectivity index (χ4n) is 3.41. The monoisotopic (exact) mass is 341 g/mol. The number of carbonyl (C=O) groups is 1. The van der Waals surface area contributed by atoms with Gasteiger partial charge in [-0.2, -0.15) is 0 Å². The van der Waals surface area contributed by atoms with Crippen molar-refractivity contribution in [2.75, 3.05) is 26.2 Å². The molecular weight excluding hydrogens is 314 g/mol. The molecule has 2 N–H and O–H groups in total. The van der Waals surface area contributed by atoms with Crippen LogP contribution < -0.4 is 5.32 Å². The summed E-state index contributed by atoms with van der Waals surface area (Å²) < 4.78 is 0. The maximum Gasteiger partial charge on any atom is 0.253 e. The minimum absolute atomic E-state index is 0.185. The number of aromatic nitrogens is 1. The molecule has 134 valence electrons. The van der Waals surface area contributed by atoms with Crippen molar-refractivity contribution in [1.29, 1.82) is 0 Å². The molecule has 25 heavy (non-hydrogen) atoms. The van der Waals surface area contributed by atoms with Crippen molar-refractivity contribution in [3.05, 3.63) is 41.6 Å². The van der Waals surface area contributed by atoms with Gasteiger partial charge < -0.3 is 15.3 Å². The van der Waals surface area contributed by atoms with E-state index < -0.39 is 6.10 Å². The number of hydrogen-bond donors (Lipinski definition) is 2. The lowest BCUT2D eigenvalue weighted by molar-refractivity contribution is 0.0796. The van der Waals surface area contributed by atoms with E-state index in [1.165, 1.54) is 12.8 Å². The number of piperidine rings is 1. The molecule has 1 aliphatic rings. The number of β-amino-alcohol motifs (C(OH)–C–C–N with tert-alkyl or cyclic N) is 1. The van der Waals surface area contributed by atoms with Crippen LogP contribution in [-0.2, 0) is 0 Å². The quantitative estimate of drug-likeness (QED) is 0.876. The number of benzene rings is 1. The van der Waals surface area contributed by atoms with Gasteiger partial charge in [-0.3, -0.25) is 9.78 Å². The Morgan fingerprint density at radius 1 is 1.36 bits per heavy atom. The smallest absolute Gasteiger partial charge is 0.253 e. The summed E-state index contributed by atoms with van der Waals surface area (Å²) in [7, 11) is 0. The lowest BCUT2D eigenvalue weighted by atomic mass is 9.99. The Labute approximate surface area is 149 Å². The predicted octanol–water partition coefficient (Wildman–Crippen LogP) is 2.37. The van der Waals surface area contributed by atoms with Crippen molar-refractivity contribution >= 4 is 16.8 Å². The Morgan fingerprint density at radius 2 is 2.12 bits per heavy atom. The van der Waals surface area contributed by atoms with Crippen LogP contribution in [-0.4, -0.2) is 53.2 Å². The van der Waals surface area contributed by atoms with Crippen molar-refractivity contribution in [2.24, 2.45) is 5.92 Å². The number of aliphatic hydroxyl groups is 1. The first kappa shape index (κ1) is 17.8. The highest BCUT2D eigenvalue weighted by Gasteiger charge is 2.19. The van der Waals surface area contributed by atoms with E-state index in [1.807, 2.05) is 25.1 Å². The molecule has 0 saturated carbocycles. The normalized spacial score (nSPS) is 17.6. The van der Waals surface area contributed by atoms with Gasteiger partial charge in [-0.25, -0.2) is 0 Å². The Morgan fingerprint density at radius 3 is 2.88 bits per heavy atom. The number of nitrogens with zero attached hydrogens (tertiary/aromatic N) is 2. The van der Waals surface area contributed by atoms with Gasteiger partial charge in [0.2, 0.25) is 0 Å². The summed E-state index contributed by atoms with van der Waals surface area (Å²) in [6.07, 6.45) is 3.51. The molecule has 2 heterocycles. The standard InChI is InChI=1S/C20H27N3O2/c1-14-7-10-23(11-8-14)13-16(24)12-22-20(25)18-6-5-15(2)17-4-3-9-21-19(17)18/h3-6,9,14,16,24H,7-8,10-13H2,1-2H3,(H,22,25). The molecule has 1 unspecified atom stereocenters. The molecule has 5 nitrogen and oxygen atoms in total. The van der Waals surface area contributed by atoms with E-state index in [0.717, 1.165) is 30.0 Å². The van der Waals surface area contributed by atoms with Crippen LogP contribution in [0.4, 0.5) is 0 Å². The van der Waals surface area contributed by atoms with Gasteiger partial charge in [-0.1, -0.05) is 19.1 Å². The predicted molar refractivity (Wildman–Crippen MR) is 99.7 cm³/mol. The van der Waals surface area contributed by atoms with E-state index >= 15 is 0 Å². The van der Waals surface area contributed by atoms with Crippen LogP contribution in [0.5, 0.6) is 0 Å². The largest absolute Gasteiger partial charge is 0.390 e. The van der Waals surface area contributed by atoms with Crippen molar-refractivity contribution in [3.8, 4) is 0 Å². The molecular formula is C20H27N3O2. The zero-order chi connectivity index (χ0) is 17.8. The second-order valence-corrected chi connectivity index (χ2v) is 7.18. The average molecular weight is 341 g/mol. The molecule has 0 aliphatic carbocycles. The molecule has 1 aromatic carbocycles. The summed E-state index contributed by atoms with van der Waals surface area (Å²) in [6, 6.07) is 7.59. The maximum absolute atomic E-state index is 12.5. The summed E-state index contributed by atoms with van der Waals surface area (Å²) >= 11 is 0. The number of pyridine rings is 1. The molecule has 0 spiro atoms. The van der Waals surface area contributed by atoms with Crippen LogP contribution in [0.25, 0.3) is 10.9 Å². The fraction of sp³-hybridized carbons (Fsp3) is 0.500. The van der Waals surface area contributed by atoms with Gasteiger partial charge in [0.1, 0.15) is 0 Å². The molecule has 1 aliphatic heterocycles. The first-order valence-corrected chi connectivity index (χ1v) is 9.07. The van der Waals surface area contributed by atoms with E-state index in [4.69, 9.17) is 0 Å². The highest BCUT2D eigenvalue weighted by molar-refractivity contribution is 6.06. The van der Waals surface area contributed by atoms with Crippen molar-refractivity contribution in [3.63, 3.8) is 0 Å². The molecule has 3 rings (SSSR count). The second-order valence-electron chi connectivity index (χ2n) is 7.18. The molecule has 5 heteroatoms. The zero-order valence-electron chi connectivity index (χ0n) is 15.0. The van der Waals surface area contributed by atoms with Gasteiger partial charge in [-0.15, -0.1) is 0 Å². The molecule has 0 bridgehead atoms. The highest BCUT2D eigenvalue weighted by Crippen LogP contribution is 2.20. The molecule has 1 fully saturated rings. The fourth-order valence-corrected chi connectivity index (χ4v) is 3.41. The van der Waals surface area contributed by atoms with Gasteiger partial charge in [0.15, 0.2) is 0 Å². The van der Waals surface area contributed by atoms with Crippen LogP contribution >= 0.6 is 0 Å². The zero-order valence-corrected chi connectivity index (χ0v) is 15.0. The van der Waals surface area contributed by atoms with E-state index in [-0.39, 0.29) is 12.5 Å². The molecule has 0 radical (unpaired) electrons. The van der Waals surface area contributed by atoms with E-state index in [0.29, 0.717) is 17.6 Å². The minimum Gasteiger partial charge on any atom is -0.390 e. The number of likely N-dealkylation sites (tertiary alicyclic amines) is 1. The van der Waals surface area contributed by atoms with Crippen molar-refractivity contribution < 1.29 is 9.90 Å². The highest BCUT2D eigenvalue weighted by atomic mass is 16.3. The lowest BCUT2D eigenvalue weighted by Gasteiger charge is -2.31. The van der Waals surface area contributed by atoms with Gasteiger partial charge in [0, 0.05) is 24.7 Å². The van der Waals surface area contributed by atoms with E-state index in [2.05, 4.69) is 22.1 Å².